The molecule has 1 heterocycles. The van der Waals surface area contributed by atoms with Gasteiger partial charge in [-0.05, 0) is 59.3 Å². The minimum absolute atomic E-state index is 0.0703. The molecule has 1 amide bonds. The summed E-state index contributed by atoms with van der Waals surface area (Å²) in [7, 11) is 1.54. The molecule has 29 heavy (non-hydrogen) atoms. The van der Waals surface area contributed by atoms with Gasteiger partial charge in [-0.15, -0.1) is 0 Å². The van der Waals surface area contributed by atoms with E-state index in [0.717, 1.165) is 9.13 Å². The second-order valence-corrected chi connectivity index (χ2v) is 7.74. The molecule has 1 atom stereocenters. The van der Waals surface area contributed by atoms with Crippen LogP contribution in [-0.2, 0) is 14.3 Å². The third-order valence-corrected chi connectivity index (χ3v) is 5.40. The number of benzene rings is 2. The number of carbonyl (C=O) groups is 2. The summed E-state index contributed by atoms with van der Waals surface area (Å²) in [6.45, 7) is 2.88. The number of halogens is 1. The summed E-state index contributed by atoms with van der Waals surface area (Å²) < 4.78 is 11.6. The highest BCUT2D eigenvalue weighted by Crippen LogP contribution is 2.39. The monoisotopic (exact) mass is 507 g/mol. The zero-order valence-electron chi connectivity index (χ0n) is 16.2. The number of amides is 1. The number of Topliss-reactive ketones (excluding diaryl/α,β-unsaturated/α-hetero) is 1. The van der Waals surface area contributed by atoms with Gasteiger partial charge in [-0.2, -0.15) is 0 Å². The number of aliphatic hydroxyl groups is 1. The van der Waals surface area contributed by atoms with E-state index < -0.39 is 17.7 Å². The molecule has 0 saturated carbocycles. The summed E-state index contributed by atoms with van der Waals surface area (Å²) >= 11 is 2.19. The number of carbonyl (C=O) groups excluding carboxylic acids is 2. The van der Waals surface area contributed by atoms with Crippen molar-refractivity contribution < 1.29 is 24.2 Å². The Hall–Kier alpha value is -2.39. The molecular formula is C22H22INO5. The Morgan fingerprint density at radius 3 is 2.55 bits per heavy atom. The zero-order valence-corrected chi connectivity index (χ0v) is 18.4. The van der Waals surface area contributed by atoms with Crippen molar-refractivity contribution in [2.75, 3.05) is 26.9 Å². The second kappa shape index (κ2) is 9.41. The first-order valence-corrected chi connectivity index (χ1v) is 10.3. The van der Waals surface area contributed by atoms with Gasteiger partial charge in [-0.3, -0.25) is 9.59 Å². The lowest BCUT2D eigenvalue weighted by Gasteiger charge is -2.25. The van der Waals surface area contributed by atoms with Gasteiger partial charge in [-0.1, -0.05) is 24.3 Å². The Kier molecular flexibility index (Phi) is 6.92. The number of methoxy groups -OCH3 is 1. The number of rotatable bonds is 7. The van der Waals surface area contributed by atoms with Crippen LogP contribution < -0.4 is 4.74 Å². The molecule has 152 valence electrons. The maximum absolute atomic E-state index is 12.9. The van der Waals surface area contributed by atoms with Gasteiger partial charge in [0.2, 0.25) is 0 Å². The van der Waals surface area contributed by atoms with Crippen LogP contribution in [0.25, 0.3) is 5.76 Å². The summed E-state index contributed by atoms with van der Waals surface area (Å²) in [5.74, 6) is -0.985. The number of aliphatic hydroxyl groups excluding tert-OH is 1. The number of hydrogen-bond donors (Lipinski definition) is 1. The fourth-order valence-electron chi connectivity index (χ4n) is 3.35. The van der Waals surface area contributed by atoms with Crippen LogP contribution in [0.3, 0.4) is 0 Å². The maximum Gasteiger partial charge on any atom is 0.295 e. The number of hydrogen-bond acceptors (Lipinski definition) is 5. The molecule has 1 N–H and O–H groups in total. The smallest absolute Gasteiger partial charge is 0.295 e. The molecule has 1 saturated heterocycles. The Bertz CT molecular complexity index is 938. The Morgan fingerprint density at radius 1 is 1.17 bits per heavy atom. The Balaban J connectivity index is 2.13. The van der Waals surface area contributed by atoms with E-state index in [4.69, 9.17) is 9.47 Å². The molecule has 0 spiro atoms. The van der Waals surface area contributed by atoms with Crippen LogP contribution in [0.4, 0.5) is 0 Å². The van der Waals surface area contributed by atoms with Crippen LogP contribution >= 0.6 is 22.6 Å². The summed E-state index contributed by atoms with van der Waals surface area (Å²) in [6.07, 6.45) is 0. The van der Waals surface area contributed by atoms with E-state index in [2.05, 4.69) is 22.6 Å². The van der Waals surface area contributed by atoms with E-state index >= 15 is 0 Å². The maximum atomic E-state index is 12.9. The lowest BCUT2D eigenvalue weighted by Crippen LogP contribution is -2.32. The first kappa shape index (κ1) is 21.3. The van der Waals surface area contributed by atoms with Gasteiger partial charge < -0.3 is 19.5 Å². The largest absolute Gasteiger partial charge is 0.507 e. The average Bonchev–Trinajstić information content (AvgIpc) is 2.97. The highest BCUT2D eigenvalue weighted by molar-refractivity contribution is 14.1. The zero-order chi connectivity index (χ0) is 21.0. The van der Waals surface area contributed by atoms with Crippen molar-refractivity contribution in [3.05, 3.63) is 68.8 Å². The fourth-order valence-corrected chi connectivity index (χ4v) is 3.71. The summed E-state index contributed by atoms with van der Waals surface area (Å²) in [4.78, 5) is 27.0. The quantitative estimate of drug-likeness (QED) is 0.268. The highest BCUT2D eigenvalue weighted by Gasteiger charge is 2.45. The molecule has 0 aliphatic carbocycles. The molecule has 1 unspecified atom stereocenters. The van der Waals surface area contributed by atoms with E-state index in [1.807, 2.05) is 31.2 Å². The minimum Gasteiger partial charge on any atom is -0.507 e. The average molecular weight is 507 g/mol. The van der Waals surface area contributed by atoms with Crippen molar-refractivity contribution in [2.24, 2.45) is 0 Å². The molecule has 1 fully saturated rings. The molecule has 0 aromatic heterocycles. The molecule has 2 aromatic rings. The summed E-state index contributed by atoms with van der Waals surface area (Å²) in [6, 6.07) is 13.7. The van der Waals surface area contributed by atoms with Gasteiger partial charge in [0.15, 0.2) is 0 Å². The van der Waals surface area contributed by atoms with Crippen molar-refractivity contribution in [3.8, 4) is 5.75 Å². The van der Waals surface area contributed by atoms with Crippen molar-refractivity contribution in [1.82, 2.24) is 4.90 Å². The lowest BCUT2D eigenvalue weighted by atomic mass is 9.95. The van der Waals surface area contributed by atoms with Gasteiger partial charge in [0.25, 0.3) is 11.7 Å². The van der Waals surface area contributed by atoms with E-state index in [1.165, 1.54) is 12.0 Å². The lowest BCUT2D eigenvalue weighted by molar-refractivity contribution is -0.140. The predicted molar refractivity (Wildman–Crippen MR) is 118 cm³/mol. The second-order valence-electron chi connectivity index (χ2n) is 6.50. The molecule has 7 heteroatoms. The standard InChI is InChI=1S/C22H22INO5/c1-3-29-17-6-4-5-15(13-17)20(25)18-19(14-7-9-16(23)10-8-14)24(11-12-28-2)22(27)21(18)26/h4-10,13,19,25H,3,11-12H2,1-2H3. The van der Waals surface area contributed by atoms with Gasteiger partial charge in [0.05, 0.1) is 24.8 Å². The van der Waals surface area contributed by atoms with Crippen molar-refractivity contribution >= 4 is 40.0 Å². The molecule has 1 aliphatic rings. The molecule has 1 aliphatic heterocycles. The predicted octanol–water partition coefficient (Wildman–Crippen LogP) is 3.76. The Morgan fingerprint density at radius 2 is 1.90 bits per heavy atom. The molecule has 0 radical (unpaired) electrons. The van der Waals surface area contributed by atoms with Crippen LogP contribution in [0, 0.1) is 3.57 Å². The van der Waals surface area contributed by atoms with E-state index in [0.29, 0.717) is 17.9 Å². The highest BCUT2D eigenvalue weighted by atomic mass is 127. The SMILES string of the molecule is CCOc1cccc(C(O)=C2C(=O)C(=O)N(CCOC)C2c2ccc(I)cc2)c1. The van der Waals surface area contributed by atoms with Crippen LogP contribution in [0.15, 0.2) is 54.1 Å². The van der Waals surface area contributed by atoms with Crippen LogP contribution in [0.2, 0.25) is 0 Å². The first-order valence-electron chi connectivity index (χ1n) is 9.24. The van der Waals surface area contributed by atoms with Gasteiger partial charge in [-0.25, -0.2) is 0 Å². The van der Waals surface area contributed by atoms with Crippen LogP contribution in [0.1, 0.15) is 24.1 Å². The minimum atomic E-state index is -0.705. The third kappa shape index (κ3) is 4.45. The van der Waals surface area contributed by atoms with Crippen LogP contribution in [-0.4, -0.2) is 48.6 Å². The van der Waals surface area contributed by atoms with Crippen molar-refractivity contribution in [3.63, 3.8) is 0 Å². The van der Waals surface area contributed by atoms with Gasteiger partial charge in [0, 0.05) is 22.8 Å². The molecule has 2 aromatic carbocycles. The van der Waals surface area contributed by atoms with Gasteiger partial charge in [0.1, 0.15) is 11.5 Å². The molecular weight excluding hydrogens is 485 g/mol. The summed E-state index contributed by atoms with van der Waals surface area (Å²) in [5, 5.41) is 11.0. The topological polar surface area (TPSA) is 76.1 Å². The van der Waals surface area contributed by atoms with E-state index in [9.17, 15) is 14.7 Å². The van der Waals surface area contributed by atoms with Crippen LogP contribution in [0.5, 0.6) is 5.75 Å². The third-order valence-electron chi connectivity index (χ3n) is 4.68. The molecule has 6 nitrogen and oxygen atoms in total. The number of ketones is 1. The summed E-state index contributed by atoms with van der Waals surface area (Å²) in [5.41, 5.74) is 1.25. The first-order chi connectivity index (χ1) is 14.0. The Labute approximate surface area is 183 Å². The van der Waals surface area contributed by atoms with Crippen molar-refractivity contribution in [1.29, 1.82) is 0 Å². The normalized spacial score (nSPS) is 18.3. The van der Waals surface area contributed by atoms with E-state index in [1.54, 1.807) is 24.3 Å². The fraction of sp³-hybridized carbons (Fsp3) is 0.273. The number of likely N-dealkylation sites (tertiary alicyclic amines) is 1. The van der Waals surface area contributed by atoms with Crippen molar-refractivity contribution in [2.45, 2.75) is 13.0 Å². The molecule has 3 rings (SSSR count). The number of ether oxygens (including phenoxy) is 2. The molecule has 0 bridgehead atoms. The van der Waals surface area contributed by atoms with Gasteiger partial charge >= 0.3 is 0 Å². The van der Waals surface area contributed by atoms with E-state index in [-0.39, 0.29) is 24.5 Å². The number of nitrogens with zero attached hydrogens (tertiary/aromatic N) is 1.